The third kappa shape index (κ3) is 9.07. The van der Waals surface area contributed by atoms with Gasteiger partial charge in [0.1, 0.15) is 30.1 Å². The summed E-state index contributed by atoms with van der Waals surface area (Å²) in [6.45, 7) is 17.2. The maximum absolute atomic E-state index is 10.3. The van der Waals surface area contributed by atoms with Gasteiger partial charge in [-0.05, 0) is 67.5 Å². The summed E-state index contributed by atoms with van der Waals surface area (Å²) in [5, 5.41) is 14.7. The van der Waals surface area contributed by atoms with E-state index in [9.17, 15) is 5.26 Å². The minimum Gasteiger partial charge on any atom is -0.382 e. The van der Waals surface area contributed by atoms with E-state index in [2.05, 4.69) is 16.2 Å². The van der Waals surface area contributed by atoms with Crippen LogP contribution in [0, 0.1) is 11.3 Å². The highest BCUT2D eigenvalue weighted by Crippen LogP contribution is 2.31. The molecule has 0 fully saturated rings. The molecule has 0 saturated carbocycles. The fourth-order valence-electron chi connectivity index (χ4n) is 3.70. The number of aromatic nitrogens is 3. The lowest BCUT2D eigenvalue weighted by Gasteiger charge is -2.35. The Morgan fingerprint density at radius 1 is 1.03 bits per heavy atom. The van der Waals surface area contributed by atoms with E-state index in [1.54, 1.807) is 23.6 Å². The minimum absolute atomic E-state index is 0.192. The van der Waals surface area contributed by atoms with Crippen LogP contribution in [0.25, 0.3) is 5.52 Å². The van der Waals surface area contributed by atoms with Crippen LogP contribution in [0.15, 0.2) is 53.4 Å². The Balaban J connectivity index is 2.45. The number of hydrogen-bond acceptors (Lipinski definition) is 8. The molecule has 2 N–H and O–H groups in total. The first-order valence-corrected chi connectivity index (χ1v) is 12.9. The number of rotatable bonds is 15. The van der Waals surface area contributed by atoms with Crippen LogP contribution in [0.5, 0.6) is 0 Å². The van der Waals surface area contributed by atoms with Crippen molar-refractivity contribution in [1.29, 1.82) is 5.26 Å². The van der Waals surface area contributed by atoms with Gasteiger partial charge in [-0.1, -0.05) is 34.9 Å². The van der Waals surface area contributed by atoms with E-state index >= 15 is 0 Å². The molecule has 2 rings (SSSR count). The van der Waals surface area contributed by atoms with Gasteiger partial charge in [-0.15, -0.1) is 0 Å². The Kier molecular flexibility index (Phi) is 12.1. The number of anilines is 1. The second-order valence-electron chi connectivity index (χ2n) is 10.2. The number of allylic oxidation sites excluding steroid dienone is 3. The maximum Gasteiger partial charge on any atom is 0.194 e. The molecule has 38 heavy (non-hydrogen) atoms. The summed E-state index contributed by atoms with van der Waals surface area (Å²) in [5.74, 6) is 0.317. The van der Waals surface area contributed by atoms with Crippen LogP contribution in [-0.2, 0) is 24.5 Å². The largest absolute Gasteiger partial charge is 0.382 e. The first kappa shape index (κ1) is 31.2. The van der Waals surface area contributed by atoms with Gasteiger partial charge in [0.25, 0.3) is 0 Å². The normalized spacial score (nSPS) is 15.1. The Morgan fingerprint density at radius 2 is 1.63 bits per heavy atom. The van der Waals surface area contributed by atoms with Crippen molar-refractivity contribution in [3.05, 3.63) is 59.1 Å². The van der Waals surface area contributed by atoms with Gasteiger partial charge in [0, 0.05) is 0 Å². The van der Waals surface area contributed by atoms with Crippen LogP contribution in [0.2, 0.25) is 0 Å². The third-order valence-electron chi connectivity index (χ3n) is 5.92. The lowest BCUT2D eigenvalue weighted by atomic mass is 10.0. The molecule has 0 saturated heterocycles. The van der Waals surface area contributed by atoms with Crippen molar-refractivity contribution in [2.45, 2.75) is 79.3 Å². The highest BCUT2D eigenvalue weighted by molar-refractivity contribution is 5.65. The van der Waals surface area contributed by atoms with Gasteiger partial charge in [0.05, 0.1) is 38.2 Å². The first-order chi connectivity index (χ1) is 18.0. The van der Waals surface area contributed by atoms with E-state index in [0.717, 1.165) is 16.7 Å². The zero-order valence-corrected chi connectivity index (χ0v) is 24.0. The van der Waals surface area contributed by atoms with Crippen molar-refractivity contribution < 1.29 is 18.9 Å². The van der Waals surface area contributed by atoms with E-state index in [1.165, 1.54) is 6.33 Å². The van der Waals surface area contributed by atoms with E-state index in [4.69, 9.17) is 24.7 Å². The number of hydrogen-bond donors (Lipinski definition) is 1. The van der Waals surface area contributed by atoms with Crippen molar-refractivity contribution in [3.63, 3.8) is 0 Å². The molecule has 0 aliphatic carbocycles. The number of fused-ring (bicyclic) bond motifs is 1. The second-order valence-corrected chi connectivity index (χ2v) is 10.2. The quantitative estimate of drug-likeness (QED) is 0.251. The first-order valence-electron chi connectivity index (χ1n) is 12.9. The topological polar surface area (TPSA) is 117 Å². The summed E-state index contributed by atoms with van der Waals surface area (Å²) < 4.78 is 26.6. The summed E-state index contributed by atoms with van der Waals surface area (Å²) in [5.41, 5.74) is 9.21. The number of nitriles is 1. The fraction of sp³-hybridized carbons (Fsp3) is 0.552. The molecular weight excluding hydrogens is 482 g/mol. The van der Waals surface area contributed by atoms with Gasteiger partial charge in [0.2, 0.25) is 0 Å². The van der Waals surface area contributed by atoms with Crippen LogP contribution in [0.3, 0.4) is 0 Å². The Hall–Kier alpha value is -3.03. The molecule has 4 unspecified atom stereocenters. The van der Waals surface area contributed by atoms with E-state index in [-0.39, 0.29) is 12.7 Å². The molecule has 2 aromatic heterocycles. The van der Waals surface area contributed by atoms with Crippen LogP contribution in [0.1, 0.15) is 61.1 Å². The molecular formula is C29H43N5O4. The van der Waals surface area contributed by atoms with Crippen molar-refractivity contribution in [2.24, 2.45) is 0 Å². The van der Waals surface area contributed by atoms with Gasteiger partial charge >= 0.3 is 0 Å². The van der Waals surface area contributed by atoms with Gasteiger partial charge in [-0.2, -0.15) is 10.4 Å². The highest BCUT2D eigenvalue weighted by atomic mass is 16.6. The molecule has 2 aromatic rings. The second kappa shape index (κ2) is 14.8. The Morgan fingerprint density at radius 3 is 2.24 bits per heavy atom. The molecule has 0 bridgehead atoms. The van der Waals surface area contributed by atoms with Gasteiger partial charge < -0.3 is 24.7 Å². The SMILES string of the molecule is CC(C)=CCOCC(OC(C)(C#N)c1ccc2c(N)ncnn12)C(OCC=C(C)C)C(C)OCC=C(C)C. The number of nitrogens with zero attached hydrogens (tertiary/aromatic N) is 4. The number of nitrogen functional groups attached to an aromatic ring is 1. The average Bonchev–Trinajstić information content (AvgIpc) is 3.29. The van der Waals surface area contributed by atoms with Gasteiger partial charge in [-0.25, -0.2) is 9.50 Å². The summed E-state index contributed by atoms with van der Waals surface area (Å²) in [6.07, 6.45) is 5.85. The molecule has 9 heteroatoms. The van der Waals surface area contributed by atoms with Crippen molar-refractivity contribution in [3.8, 4) is 6.07 Å². The van der Waals surface area contributed by atoms with Crippen LogP contribution in [-0.4, -0.2) is 59.3 Å². The van der Waals surface area contributed by atoms with Crippen LogP contribution in [0.4, 0.5) is 5.82 Å². The van der Waals surface area contributed by atoms with E-state index in [1.807, 2.05) is 66.7 Å². The Bertz CT molecular complexity index is 1170. The third-order valence-corrected chi connectivity index (χ3v) is 5.92. The molecule has 9 nitrogen and oxygen atoms in total. The average molecular weight is 526 g/mol. The van der Waals surface area contributed by atoms with Crippen LogP contribution >= 0.6 is 0 Å². The highest BCUT2D eigenvalue weighted by Gasteiger charge is 2.39. The molecule has 208 valence electrons. The minimum atomic E-state index is -1.39. The molecule has 0 spiro atoms. The molecule has 2 heterocycles. The molecule has 0 aliphatic rings. The molecule has 0 aromatic carbocycles. The lowest BCUT2D eigenvalue weighted by molar-refractivity contribution is -0.176. The molecule has 0 aliphatic heterocycles. The van der Waals surface area contributed by atoms with E-state index in [0.29, 0.717) is 36.8 Å². The monoisotopic (exact) mass is 525 g/mol. The van der Waals surface area contributed by atoms with Gasteiger partial charge in [0.15, 0.2) is 11.4 Å². The maximum atomic E-state index is 10.3. The summed E-state index contributed by atoms with van der Waals surface area (Å²) >= 11 is 0. The smallest absolute Gasteiger partial charge is 0.194 e. The zero-order valence-electron chi connectivity index (χ0n) is 24.0. The predicted octanol–water partition coefficient (Wildman–Crippen LogP) is 5.14. The summed E-state index contributed by atoms with van der Waals surface area (Å²) in [7, 11) is 0. The lowest BCUT2D eigenvalue weighted by Crippen LogP contribution is -2.47. The molecule has 4 atom stereocenters. The number of ether oxygens (including phenoxy) is 4. The van der Waals surface area contributed by atoms with Crippen molar-refractivity contribution in [2.75, 3.05) is 32.2 Å². The zero-order chi connectivity index (χ0) is 28.3. The van der Waals surface area contributed by atoms with Crippen LogP contribution < -0.4 is 5.73 Å². The summed E-state index contributed by atoms with van der Waals surface area (Å²) in [6, 6.07) is 5.88. The van der Waals surface area contributed by atoms with Crippen molar-refractivity contribution in [1.82, 2.24) is 14.6 Å². The predicted molar refractivity (Wildman–Crippen MR) is 150 cm³/mol. The molecule has 0 amide bonds. The number of nitrogens with two attached hydrogens (primary N) is 1. The standard InChI is InChI=1S/C29H43N5O4/c1-20(2)11-14-35-17-25(27(37-16-13-22(5)6)23(7)36-15-12-21(3)4)38-29(8,18-30)26-10-9-24-28(31)32-19-33-34(24)26/h9-13,19,23,25,27H,14-17H2,1-8H3,(H2,31,32,33). The summed E-state index contributed by atoms with van der Waals surface area (Å²) in [4.78, 5) is 4.04. The van der Waals surface area contributed by atoms with Crippen molar-refractivity contribution >= 4 is 11.3 Å². The fourth-order valence-corrected chi connectivity index (χ4v) is 3.70. The Labute approximate surface area is 226 Å². The molecule has 0 radical (unpaired) electrons. The van der Waals surface area contributed by atoms with E-state index < -0.39 is 17.8 Å². The van der Waals surface area contributed by atoms with Gasteiger partial charge in [-0.3, -0.25) is 0 Å².